The quantitative estimate of drug-likeness (QED) is 0.858. The minimum Gasteiger partial charge on any atom is -0.505 e. The molecule has 0 unspecified atom stereocenters. The molecule has 0 atom stereocenters. The Hall–Kier alpha value is -2.36. The molecule has 0 aliphatic heterocycles. The van der Waals surface area contributed by atoms with Gasteiger partial charge in [0.05, 0.1) is 0 Å². The Balaban J connectivity index is 2.19. The van der Waals surface area contributed by atoms with Gasteiger partial charge in [-0.1, -0.05) is 24.3 Å². The van der Waals surface area contributed by atoms with Crippen LogP contribution in [0.15, 0.2) is 36.4 Å². The van der Waals surface area contributed by atoms with Gasteiger partial charge in [0.25, 0.3) is 0 Å². The molecule has 4 heteroatoms. The van der Waals surface area contributed by atoms with Crippen molar-refractivity contribution in [2.24, 2.45) is 0 Å². The SMILES string of the molecule is Cc1c(OCc2ccccc2C=O)ccc(O)c1F. The molecule has 0 aromatic heterocycles. The maximum atomic E-state index is 13.5. The van der Waals surface area contributed by atoms with E-state index < -0.39 is 11.6 Å². The van der Waals surface area contributed by atoms with E-state index in [4.69, 9.17) is 4.74 Å². The molecule has 3 nitrogen and oxygen atoms in total. The number of carbonyl (C=O) groups excluding carboxylic acids is 1. The highest BCUT2D eigenvalue weighted by molar-refractivity contribution is 5.77. The monoisotopic (exact) mass is 260 g/mol. The minimum atomic E-state index is -0.693. The predicted octanol–water partition coefficient (Wildman–Crippen LogP) is 3.23. The van der Waals surface area contributed by atoms with Gasteiger partial charge in [-0.3, -0.25) is 4.79 Å². The molecule has 0 aliphatic carbocycles. The molecule has 2 aromatic rings. The van der Waals surface area contributed by atoms with Crippen LogP contribution in [0.1, 0.15) is 21.5 Å². The molecular formula is C15H13FO3. The van der Waals surface area contributed by atoms with E-state index >= 15 is 0 Å². The summed E-state index contributed by atoms with van der Waals surface area (Å²) in [6.07, 6.45) is 0.753. The molecule has 0 saturated carbocycles. The number of halogens is 1. The van der Waals surface area contributed by atoms with Crippen molar-refractivity contribution in [3.05, 3.63) is 58.9 Å². The standard InChI is InChI=1S/C15H13FO3/c1-10-14(7-6-13(18)15(10)16)19-9-12-5-3-2-4-11(12)8-17/h2-8,18H,9H2,1H3. The van der Waals surface area contributed by atoms with Crippen LogP contribution >= 0.6 is 0 Å². The summed E-state index contributed by atoms with van der Waals surface area (Å²) in [6.45, 7) is 1.69. The summed E-state index contributed by atoms with van der Waals surface area (Å²) in [5.74, 6) is -0.754. The van der Waals surface area contributed by atoms with Crippen LogP contribution in [0.5, 0.6) is 11.5 Å². The third-order valence-corrected chi connectivity index (χ3v) is 2.88. The Labute approximate surface area is 110 Å². The number of carbonyl (C=O) groups is 1. The van der Waals surface area contributed by atoms with Gasteiger partial charge in [-0.05, 0) is 24.6 Å². The smallest absolute Gasteiger partial charge is 0.171 e. The number of benzene rings is 2. The number of phenols is 1. The van der Waals surface area contributed by atoms with E-state index in [9.17, 15) is 14.3 Å². The van der Waals surface area contributed by atoms with Crippen LogP contribution in [-0.2, 0) is 6.61 Å². The van der Waals surface area contributed by atoms with Crippen molar-refractivity contribution in [3.63, 3.8) is 0 Å². The first-order valence-electron chi connectivity index (χ1n) is 5.77. The van der Waals surface area contributed by atoms with Crippen molar-refractivity contribution in [2.75, 3.05) is 0 Å². The van der Waals surface area contributed by atoms with Crippen molar-refractivity contribution >= 4 is 6.29 Å². The van der Waals surface area contributed by atoms with Crippen LogP contribution < -0.4 is 4.74 Å². The topological polar surface area (TPSA) is 46.5 Å². The van der Waals surface area contributed by atoms with Gasteiger partial charge in [0.15, 0.2) is 11.6 Å². The van der Waals surface area contributed by atoms with E-state index in [0.717, 1.165) is 11.8 Å². The number of rotatable bonds is 4. The Morgan fingerprint density at radius 3 is 2.74 bits per heavy atom. The maximum absolute atomic E-state index is 13.5. The second-order valence-corrected chi connectivity index (χ2v) is 4.13. The fourth-order valence-electron chi connectivity index (χ4n) is 1.75. The average Bonchev–Trinajstić information content (AvgIpc) is 2.44. The lowest BCUT2D eigenvalue weighted by Crippen LogP contribution is -2.01. The first-order chi connectivity index (χ1) is 9.13. The molecule has 0 saturated heterocycles. The zero-order valence-electron chi connectivity index (χ0n) is 10.4. The summed E-state index contributed by atoms with van der Waals surface area (Å²) in [4.78, 5) is 10.9. The van der Waals surface area contributed by atoms with Crippen molar-refractivity contribution in [2.45, 2.75) is 13.5 Å². The molecule has 2 aromatic carbocycles. The number of hydrogen-bond donors (Lipinski definition) is 1. The molecule has 2 rings (SSSR count). The van der Waals surface area contributed by atoms with E-state index in [2.05, 4.69) is 0 Å². The van der Waals surface area contributed by atoms with Gasteiger partial charge in [-0.15, -0.1) is 0 Å². The van der Waals surface area contributed by atoms with E-state index in [1.165, 1.54) is 19.1 Å². The zero-order chi connectivity index (χ0) is 13.8. The lowest BCUT2D eigenvalue weighted by Gasteiger charge is -2.11. The van der Waals surface area contributed by atoms with Gasteiger partial charge in [0.2, 0.25) is 0 Å². The molecule has 1 N–H and O–H groups in total. The Bertz CT molecular complexity index is 608. The van der Waals surface area contributed by atoms with Gasteiger partial charge >= 0.3 is 0 Å². The molecule has 0 radical (unpaired) electrons. The lowest BCUT2D eigenvalue weighted by molar-refractivity contribution is 0.112. The highest BCUT2D eigenvalue weighted by Crippen LogP contribution is 2.27. The van der Waals surface area contributed by atoms with Crippen LogP contribution in [0.2, 0.25) is 0 Å². The van der Waals surface area contributed by atoms with E-state index in [-0.39, 0.29) is 12.2 Å². The summed E-state index contributed by atoms with van der Waals surface area (Å²) in [6, 6.07) is 9.76. The van der Waals surface area contributed by atoms with Crippen LogP contribution in [0.3, 0.4) is 0 Å². The maximum Gasteiger partial charge on any atom is 0.171 e. The van der Waals surface area contributed by atoms with Gasteiger partial charge < -0.3 is 9.84 Å². The molecular weight excluding hydrogens is 247 g/mol. The number of phenolic OH excluding ortho intramolecular Hbond substituents is 1. The number of aldehydes is 1. The summed E-state index contributed by atoms with van der Waals surface area (Å²) in [7, 11) is 0. The zero-order valence-corrected chi connectivity index (χ0v) is 10.4. The largest absolute Gasteiger partial charge is 0.505 e. The van der Waals surface area contributed by atoms with Gasteiger partial charge in [-0.2, -0.15) is 0 Å². The van der Waals surface area contributed by atoms with Crippen LogP contribution in [-0.4, -0.2) is 11.4 Å². The van der Waals surface area contributed by atoms with Crippen molar-refractivity contribution in [3.8, 4) is 11.5 Å². The molecule has 0 fully saturated rings. The second-order valence-electron chi connectivity index (χ2n) is 4.13. The van der Waals surface area contributed by atoms with Gasteiger partial charge in [0.1, 0.15) is 18.6 Å². The van der Waals surface area contributed by atoms with Crippen molar-refractivity contribution in [1.82, 2.24) is 0 Å². The molecule has 0 bridgehead atoms. The second kappa shape index (κ2) is 5.52. The van der Waals surface area contributed by atoms with E-state index in [0.29, 0.717) is 11.3 Å². The fraction of sp³-hybridized carbons (Fsp3) is 0.133. The van der Waals surface area contributed by atoms with Crippen LogP contribution in [0.4, 0.5) is 4.39 Å². The minimum absolute atomic E-state index is 0.167. The highest BCUT2D eigenvalue weighted by atomic mass is 19.1. The summed E-state index contributed by atoms with van der Waals surface area (Å²) < 4.78 is 19.0. The average molecular weight is 260 g/mol. The first-order valence-corrected chi connectivity index (χ1v) is 5.77. The van der Waals surface area contributed by atoms with Crippen molar-refractivity contribution in [1.29, 1.82) is 0 Å². The van der Waals surface area contributed by atoms with E-state index in [1.54, 1.807) is 24.3 Å². The third kappa shape index (κ3) is 2.73. The van der Waals surface area contributed by atoms with Gasteiger partial charge in [0, 0.05) is 11.1 Å². The Morgan fingerprint density at radius 2 is 2.00 bits per heavy atom. The Morgan fingerprint density at radius 1 is 1.26 bits per heavy atom. The molecule has 0 spiro atoms. The highest BCUT2D eigenvalue weighted by Gasteiger charge is 2.10. The Kier molecular flexibility index (Phi) is 3.80. The molecule has 19 heavy (non-hydrogen) atoms. The molecule has 0 heterocycles. The van der Waals surface area contributed by atoms with Crippen molar-refractivity contribution < 1.29 is 19.0 Å². The summed E-state index contributed by atoms with van der Waals surface area (Å²) in [5.41, 5.74) is 1.51. The van der Waals surface area contributed by atoms with Gasteiger partial charge in [-0.25, -0.2) is 4.39 Å². The van der Waals surface area contributed by atoms with Crippen LogP contribution in [0.25, 0.3) is 0 Å². The van der Waals surface area contributed by atoms with E-state index in [1.807, 2.05) is 0 Å². The molecule has 0 aliphatic rings. The van der Waals surface area contributed by atoms with Crippen LogP contribution in [0, 0.1) is 12.7 Å². The number of ether oxygens (including phenoxy) is 1. The molecule has 98 valence electrons. The number of hydrogen-bond acceptors (Lipinski definition) is 3. The summed E-state index contributed by atoms with van der Waals surface area (Å²) >= 11 is 0. The molecule has 0 amide bonds. The summed E-state index contributed by atoms with van der Waals surface area (Å²) in [5, 5.41) is 9.22. The normalized spacial score (nSPS) is 10.2. The third-order valence-electron chi connectivity index (χ3n) is 2.88. The predicted molar refractivity (Wildman–Crippen MR) is 69.0 cm³/mol. The fourth-order valence-corrected chi connectivity index (χ4v) is 1.75. The number of aromatic hydroxyl groups is 1. The lowest BCUT2D eigenvalue weighted by atomic mass is 10.1. The first kappa shape index (κ1) is 13.1.